The summed E-state index contributed by atoms with van der Waals surface area (Å²) in [5.74, 6) is -1.24. The zero-order valence-corrected chi connectivity index (χ0v) is 11.9. The highest BCUT2D eigenvalue weighted by Gasteiger charge is 2.11. The second kappa shape index (κ2) is 6.17. The van der Waals surface area contributed by atoms with Gasteiger partial charge in [0.2, 0.25) is 5.91 Å². The summed E-state index contributed by atoms with van der Waals surface area (Å²) in [6.45, 7) is 3.71. The monoisotopic (exact) mass is 284 g/mol. The van der Waals surface area contributed by atoms with Crippen LogP contribution in [0.15, 0.2) is 36.5 Å². The van der Waals surface area contributed by atoms with Gasteiger partial charge in [0.15, 0.2) is 0 Å². The van der Waals surface area contributed by atoms with Gasteiger partial charge in [-0.3, -0.25) is 9.78 Å². The van der Waals surface area contributed by atoms with Crippen LogP contribution in [-0.4, -0.2) is 22.0 Å². The molecule has 1 aromatic carbocycles. The molecule has 21 heavy (non-hydrogen) atoms. The van der Waals surface area contributed by atoms with Gasteiger partial charge >= 0.3 is 5.97 Å². The van der Waals surface area contributed by atoms with E-state index in [4.69, 9.17) is 5.11 Å². The van der Waals surface area contributed by atoms with Crippen molar-refractivity contribution in [1.82, 2.24) is 4.98 Å². The number of anilines is 1. The number of nitrogens with one attached hydrogen (secondary N) is 1. The summed E-state index contributed by atoms with van der Waals surface area (Å²) >= 11 is 0. The molecule has 0 aliphatic carbocycles. The number of benzene rings is 1. The number of carboxylic acid groups (broad SMARTS) is 1. The summed E-state index contributed by atoms with van der Waals surface area (Å²) in [7, 11) is 0. The smallest absolute Gasteiger partial charge is 0.335 e. The van der Waals surface area contributed by atoms with Gasteiger partial charge in [-0.15, -0.1) is 0 Å². The highest BCUT2D eigenvalue weighted by Crippen LogP contribution is 2.17. The number of carbonyl (C=O) groups excluding carboxylic acids is 1. The highest BCUT2D eigenvalue weighted by atomic mass is 16.4. The van der Waals surface area contributed by atoms with Crippen molar-refractivity contribution in [3.8, 4) is 0 Å². The maximum absolute atomic E-state index is 12.1. The largest absolute Gasteiger partial charge is 0.478 e. The number of carboxylic acids is 1. The van der Waals surface area contributed by atoms with Crippen molar-refractivity contribution >= 4 is 17.6 Å². The summed E-state index contributed by atoms with van der Waals surface area (Å²) in [5.41, 5.74) is 3.12. The first kappa shape index (κ1) is 14.7. The summed E-state index contributed by atoms with van der Waals surface area (Å²) in [4.78, 5) is 27.2. The Labute approximate surface area is 122 Å². The summed E-state index contributed by atoms with van der Waals surface area (Å²) in [6.07, 6.45) is 1.80. The van der Waals surface area contributed by atoms with Crippen LogP contribution in [-0.2, 0) is 11.2 Å². The number of carbonyl (C=O) groups is 2. The number of hydrogen-bond acceptors (Lipinski definition) is 3. The quantitative estimate of drug-likeness (QED) is 0.904. The van der Waals surface area contributed by atoms with Gasteiger partial charge in [-0.1, -0.05) is 12.1 Å². The molecule has 1 heterocycles. The number of rotatable bonds is 4. The molecule has 0 fully saturated rings. The number of amides is 1. The Morgan fingerprint density at radius 3 is 2.62 bits per heavy atom. The van der Waals surface area contributed by atoms with Crippen LogP contribution in [0.1, 0.15) is 27.2 Å². The summed E-state index contributed by atoms with van der Waals surface area (Å²) in [5, 5.41) is 11.7. The van der Waals surface area contributed by atoms with E-state index in [-0.39, 0.29) is 17.9 Å². The standard InChI is InChI=1S/C16H16N2O3/c1-10-4-3-7-17-13(10)9-15(19)18-14-8-12(16(20)21)6-5-11(14)2/h3-8H,9H2,1-2H3,(H,18,19)(H,20,21). The Balaban J connectivity index is 2.15. The third-order valence-corrected chi connectivity index (χ3v) is 3.20. The molecule has 0 radical (unpaired) electrons. The lowest BCUT2D eigenvalue weighted by Gasteiger charge is -2.10. The molecule has 2 aromatic rings. The lowest BCUT2D eigenvalue weighted by Crippen LogP contribution is -2.17. The van der Waals surface area contributed by atoms with Gasteiger partial charge in [0.25, 0.3) is 0 Å². The van der Waals surface area contributed by atoms with Gasteiger partial charge < -0.3 is 10.4 Å². The summed E-state index contributed by atoms with van der Waals surface area (Å²) < 4.78 is 0. The van der Waals surface area contributed by atoms with Crippen LogP contribution in [0.5, 0.6) is 0 Å². The molecule has 2 rings (SSSR count). The van der Waals surface area contributed by atoms with Gasteiger partial charge in [0, 0.05) is 11.9 Å². The summed E-state index contributed by atoms with van der Waals surface area (Å²) in [6, 6.07) is 8.35. The van der Waals surface area contributed by atoms with E-state index >= 15 is 0 Å². The molecule has 0 unspecified atom stereocenters. The van der Waals surface area contributed by atoms with Gasteiger partial charge in [-0.25, -0.2) is 4.79 Å². The van der Waals surface area contributed by atoms with E-state index in [0.717, 1.165) is 11.1 Å². The van der Waals surface area contributed by atoms with Gasteiger partial charge in [0.1, 0.15) is 0 Å². The molecule has 5 nitrogen and oxygen atoms in total. The fourth-order valence-electron chi connectivity index (χ4n) is 1.94. The minimum absolute atomic E-state index is 0.143. The zero-order chi connectivity index (χ0) is 15.4. The first-order valence-electron chi connectivity index (χ1n) is 6.51. The predicted octanol–water partition coefficient (Wildman–Crippen LogP) is 2.58. The zero-order valence-electron chi connectivity index (χ0n) is 11.9. The number of hydrogen-bond donors (Lipinski definition) is 2. The van der Waals surface area contributed by atoms with Crippen LogP contribution in [0.3, 0.4) is 0 Å². The Hall–Kier alpha value is -2.69. The predicted molar refractivity (Wildman–Crippen MR) is 79.4 cm³/mol. The van der Waals surface area contributed by atoms with Crippen molar-refractivity contribution in [2.24, 2.45) is 0 Å². The fraction of sp³-hybridized carbons (Fsp3) is 0.188. The van der Waals surface area contributed by atoms with Crippen molar-refractivity contribution in [2.45, 2.75) is 20.3 Å². The maximum Gasteiger partial charge on any atom is 0.335 e. The molecule has 1 amide bonds. The Morgan fingerprint density at radius 1 is 1.19 bits per heavy atom. The van der Waals surface area contributed by atoms with Gasteiger partial charge in [-0.2, -0.15) is 0 Å². The minimum atomic E-state index is -1.02. The second-order valence-electron chi connectivity index (χ2n) is 4.83. The minimum Gasteiger partial charge on any atom is -0.478 e. The number of aromatic nitrogens is 1. The van der Waals surface area contributed by atoms with Crippen LogP contribution < -0.4 is 5.32 Å². The number of nitrogens with zero attached hydrogens (tertiary/aromatic N) is 1. The van der Waals surface area contributed by atoms with Crippen LogP contribution in [0.25, 0.3) is 0 Å². The number of aromatic carboxylic acids is 1. The second-order valence-corrected chi connectivity index (χ2v) is 4.83. The topological polar surface area (TPSA) is 79.3 Å². The van der Waals surface area contributed by atoms with Crippen LogP contribution >= 0.6 is 0 Å². The van der Waals surface area contributed by atoms with E-state index in [2.05, 4.69) is 10.3 Å². The van der Waals surface area contributed by atoms with E-state index in [0.29, 0.717) is 11.4 Å². The fourth-order valence-corrected chi connectivity index (χ4v) is 1.94. The third kappa shape index (κ3) is 3.66. The molecule has 0 bridgehead atoms. The molecular formula is C16H16N2O3. The molecule has 1 aromatic heterocycles. The molecule has 0 atom stereocenters. The first-order chi connectivity index (χ1) is 9.97. The third-order valence-electron chi connectivity index (χ3n) is 3.20. The van der Waals surface area contributed by atoms with Crippen molar-refractivity contribution in [1.29, 1.82) is 0 Å². The van der Waals surface area contributed by atoms with E-state index < -0.39 is 5.97 Å². The normalized spacial score (nSPS) is 10.2. The van der Waals surface area contributed by atoms with Crippen LogP contribution in [0, 0.1) is 13.8 Å². The van der Waals surface area contributed by atoms with Crippen LogP contribution in [0.4, 0.5) is 5.69 Å². The van der Waals surface area contributed by atoms with E-state index in [9.17, 15) is 9.59 Å². The average molecular weight is 284 g/mol. The Morgan fingerprint density at radius 2 is 1.95 bits per heavy atom. The molecule has 5 heteroatoms. The molecule has 108 valence electrons. The first-order valence-corrected chi connectivity index (χ1v) is 6.51. The lowest BCUT2D eigenvalue weighted by molar-refractivity contribution is -0.115. The Kier molecular flexibility index (Phi) is 4.33. The molecule has 0 spiro atoms. The van der Waals surface area contributed by atoms with Gasteiger partial charge in [0.05, 0.1) is 17.7 Å². The van der Waals surface area contributed by atoms with Gasteiger partial charge in [-0.05, 0) is 43.2 Å². The molecule has 0 aliphatic rings. The van der Waals surface area contributed by atoms with E-state index in [1.807, 2.05) is 26.0 Å². The van der Waals surface area contributed by atoms with Crippen molar-refractivity contribution < 1.29 is 14.7 Å². The highest BCUT2D eigenvalue weighted by molar-refractivity contribution is 5.95. The number of pyridine rings is 1. The van der Waals surface area contributed by atoms with Crippen molar-refractivity contribution in [3.05, 3.63) is 58.9 Å². The van der Waals surface area contributed by atoms with Crippen LogP contribution in [0.2, 0.25) is 0 Å². The average Bonchev–Trinajstić information content (AvgIpc) is 2.43. The Bertz CT molecular complexity index is 696. The molecule has 0 saturated heterocycles. The van der Waals surface area contributed by atoms with E-state index in [1.165, 1.54) is 12.1 Å². The molecule has 0 saturated carbocycles. The SMILES string of the molecule is Cc1ccc(C(=O)O)cc1NC(=O)Cc1ncccc1C. The number of aryl methyl sites for hydroxylation is 2. The van der Waals surface area contributed by atoms with Crippen molar-refractivity contribution in [2.75, 3.05) is 5.32 Å². The van der Waals surface area contributed by atoms with E-state index in [1.54, 1.807) is 12.3 Å². The lowest BCUT2D eigenvalue weighted by atomic mass is 10.1. The molecular weight excluding hydrogens is 268 g/mol. The maximum atomic E-state index is 12.1. The molecule has 0 aliphatic heterocycles. The van der Waals surface area contributed by atoms with Crippen molar-refractivity contribution in [3.63, 3.8) is 0 Å². The molecule has 2 N–H and O–H groups in total.